The molecule has 2 rings (SSSR count). The van der Waals surface area contributed by atoms with E-state index in [9.17, 15) is 18.5 Å². The van der Waals surface area contributed by atoms with Crippen LogP contribution in [0.15, 0.2) is 6.20 Å². The van der Waals surface area contributed by atoms with Crippen molar-refractivity contribution in [1.29, 1.82) is 0 Å². The van der Waals surface area contributed by atoms with Crippen molar-refractivity contribution in [3.8, 4) is 0 Å². The Morgan fingerprint density at radius 2 is 2.26 bits per heavy atom. The highest BCUT2D eigenvalue weighted by Gasteiger charge is 2.34. The predicted molar refractivity (Wildman–Crippen MR) is 68.6 cm³/mol. The fraction of sp³-hybridized carbons (Fsp3) is 0.556. The van der Waals surface area contributed by atoms with Crippen LogP contribution < -0.4 is 10.6 Å². The van der Waals surface area contributed by atoms with Gasteiger partial charge in [0.2, 0.25) is 11.8 Å². The van der Waals surface area contributed by atoms with E-state index in [1.54, 1.807) is 7.05 Å². The van der Waals surface area contributed by atoms with Crippen molar-refractivity contribution in [2.45, 2.75) is 12.5 Å². The van der Waals surface area contributed by atoms with Gasteiger partial charge in [-0.15, -0.1) is 0 Å². The molecule has 0 radical (unpaired) electrons. The van der Waals surface area contributed by atoms with Crippen LogP contribution in [0.25, 0.3) is 0 Å². The first-order valence-corrected chi connectivity index (χ1v) is 7.32. The summed E-state index contributed by atoms with van der Waals surface area (Å²) in [6.07, 6.45) is 1.44. The molecule has 1 aliphatic heterocycles. The fourth-order valence-electron chi connectivity index (χ4n) is 2.02. The summed E-state index contributed by atoms with van der Waals surface area (Å²) in [5.41, 5.74) is 5.14. The third-order valence-corrected chi connectivity index (χ3v) is 4.81. The van der Waals surface area contributed by atoms with E-state index >= 15 is 0 Å². The maximum atomic E-state index is 11.4. The number of hydrogen-bond donors (Lipinski definition) is 1. The normalized spacial score (nSPS) is 21.2. The van der Waals surface area contributed by atoms with Crippen molar-refractivity contribution in [3.63, 3.8) is 0 Å². The second-order valence-corrected chi connectivity index (χ2v) is 6.59. The zero-order valence-electron chi connectivity index (χ0n) is 10.2. The number of nitrogens with zero attached hydrogens (tertiary/aromatic N) is 4. The SMILES string of the molecule is CN(c1nc(N)ncc1[N+](=O)[O-])[C@H]1CCS(=O)(=O)C1. The molecule has 104 valence electrons. The molecule has 1 fully saturated rings. The summed E-state index contributed by atoms with van der Waals surface area (Å²) in [6.45, 7) is 0. The highest BCUT2D eigenvalue weighted by atomic mass is 32.2. The Balaban J connectivity index is 2.36. The van der Waals surface area contributed by atoms with Crippen LogP contribution in [-0.2, 0) is 9.84 Å². The second kappa shape index (κ2) is 4.61. The molecule has 1 aromatic heterocycles. The summed E-state index contributed by atoms with van der Waals surface area (Å²) in [5, 5.41) is 10.9. The quantitative estimate of drug-likeness (QED) is 0.586. The fourth-order valence-corrected chi connectivity index (χ4v) is 3.80. The van der Waals surface area contributed by atoms with Crippen molar-refractivity contribution in [1.82, 2.24) is 9.97 Å². The zero-order valence-corrected chi connectivity index (χ0v) is 11.0. The second-order valence-electron chi connectivity index (χ2n) is 4.36. The summed E-state index contributed by atoms with van der Waals surface area (Å²) in [5.74, 6) is -0.00565. The van der Waals surface area contributed by atoms with E-state index < -0.39 is 14.8 Å². The number of nitrogen functional groups attached to an aromatic ring is 1. The lowest BCUT2D eigenvalue weighted by Crippen LogP contribution is -2.33. The first-order valence-electron chi connectivity index (χ1n) is 5.50. The van der Waals surface area contributed by atoms with Gasteiger partial charge in [-0.1, -0.05) is 0 Å². The maximum Gasteiger partial charge on any atom is 0.329 e. The predicted octanol–water partition coefficient (Wildman–Crippen LogP) is -0.410. The van der Waals surface area contributed by atoms with Crippen LogP contribution >= 0.6 is 0 Å². The molecule has 2 N–H and O–H groups in total. The van der Waals surface area contributed by atoms with Crippen LogP contribution in [-0.4, -0.2) is 47.9 Å². The Hall–Kier alpha value is -1.97. The number of hydrogen-bond acceptors (Lipinski definition) is 8. The molecule has 1 atom stereocenters. The van der Waals surface area contributed by atoms with Gasteiger partial charge in [0.25, 0.3) is 0 Å². The molecule has 1 aromatic rings. The summed E-state index contributed by atoms with van der Waals surface area (Å²) in [4.78, 5) is 19.2. The highest BCUT2D eigenvalue weighted by Crippen LogP contribution is 2.29. The van der Waals surface area contributed by atoms with Gasteiger partial charge in [0, 0.05) is 13.1 Å². The molecule has 1 aliphatic rings. The largest absolute Gasteiger partial charge is 0.368 e. The van der Waals surface area contributed by atoms with Gasteiger partial charge in [-0.3, -0.25) is 10.1 Å². The van der Waals surface area contributed by atoms with E-state index in [-0.39, 0.29) is 35.0 Å². The molecule has 9 nitrogen and oxygen atoms in total. The Bertz CT molecular complexity index is 617. The molecule has 0 bridgehead atoms. The number of anilines is 2. The molecular weight excluding hydrogens is 274 g/mol. The average Bonchev–Trinajstić information content (AvgIpc) is 2.68. The molecule has 2 heterocycles. The van der Waals surface area contributed by atoms with Crippen molar-refractivity contribution in [2.75, 3.05) is 29.2 Å². The van der Waals surface area contributed by atoms with Gasteiger partial charge in [0.1, 0.15) is 6.20 Å². The lowest BCUT2D eigenvalue weighted by molar-refractivity contribution is -0.384. The summed E-state index contributed by atoms with van der Waals surface area (Å²) < 4.78 is 22.9. The van der Waals surface area contributed by atoms with E-state index in [0.717, 1.165) is 6.20 Å². The first-order chi connectivity index (χ1) is 8.80. The van der Waals surface area contributed by atoms with Gasteiger partial charge < -0.3 is 10.6 Å². The molecule has 0 saturated carbocycles. The van der Waals surface area contributed by atoms with E-state index in [1.807, 2.05) is 0 Å². The van der Waals surface area contributed by atoms with E-state index in [1.165, 1.54) is 4.90 Å². The number of nitrogens with two attached hydrogens (primary N) is 1. The van der Waals surface area contributed by atoms with Crippen LogP contribution in [0, 0.1) is 10.1 Å². The summed E-state index contributed by atoms with van der Waals surface area (Å²) in [6, 6.07) is -0.335. The maximum absolute atomic E-state index is 11.4. The Kier molecular flexibility index (Phi) is 3.27. The van der Waals surface area contributed by atoms with E-state index in [2.05, 4.69) is 9.97 Å². The van der Waals surface area contributed by atoms with Crippen molar-refractivity contribution < 1.29 is 13.3 Å². The van der Waals surface area contributed by atoms with E-state index in [4.69, 9.17) is 5.73 Å². The Labute approximate surface area is 109 Å². The number of rotatable bonds is 3. The Morgan fingerprint density at radius 3 is 2.79 bits per heavy atom. The van der Waals surface area contributed by atoms with Gasteiger partial charge in [-0.25, -0.2) is 13.4 Å². The molecule has 0 unspecified atom stereocenters. The third-order valence-electron chi connectivity index (χ3n) is 3.06. The van der Waals surface area contributed by atoms with E-state index in [0.29, 0.717) is 6.42 Å². The molecule has 0 aliphatic carbocycles. The summed E-state index contributed by atoms with van der Waals surface area (Å²) in [7, 11) is -1.51. The third kappa shape index (κ3) is 2.72. The van der Waals surface area contributed by atoms with Gasteiger partial charge in [0.15, 0.2) is 9.84 Å². The van der Waals surface area contributed by atoms with Crippen molar-refractivity contribution >= 4 is 27.3 Å². The smallest absolute Gasteiger partial charge is 0.329 e. The molecule has 10 heteroatoms. The highest BCUT2D eigenvalue weighted by molar-refractivity contribution is 7.91. The van der Waals surface area contributed by atoms with Gasteiger partial charge in [-0.05, 0) is 6.42 Å². The number of nitro groups is 1. The minimum atomic E-state index is -3.08. The van der Waals surface area contributed by atoms with Crippen LogP contribution in [0.3, 0.4) is 0 Å². The number of sulfone groups is 1. The minimum absolute atomic E-state index is 0.0371. The topological polar surface area (TPSA) is 132 Å². The van der Waals surface area contributed by atoms with Gasteiger partial charge >= 0.3 is 5.69 Å². The van der Waals surface area contributed by atoms with Crippen molar-refractivity contribution in [3.05, 3.63) is 16.3 Å². The van der Waals surface area contributed by atoms with Gasteiger partial charge in [0.05, 0.1) is 16.4 Å². The monoisotopic (exact) mass is 287 g/mol. The Morgan fingerprint density at radius 1 is 1.58 bits per heavy atom. The van der Waals surface area contributed by atoms with Gasteiger partial charge in [-0.2, -0.15) is 4.98 Å². The lowest BCUT2D eigenvalue weighted by atomic mass is 10.2. The number of aromatic nitrogens is 2. The minimum Gasteiger partial charge on any atom is -0.368 e. The summed E-state index contributed by atoms with van der Waals surface area (Å²) >= 11 is 0. The van der Waals surface area contributed by atoms with Crippen LogP contribution in [0.1, 0.15) is 6.42 Å². The molecule has 0 aromatic carbocycles. The standard InChI is InChI=1S/C9H13N5O4S/c1-13(6-2-3-19(17,18)5-6)8-7(14(15)16)4-11-9(10)12-8/h4,6H,2-3,5H2,1H3,(H2,10,11,12)/t6-/m0/s1. The zero-order chi connectivity index (χ0) is 14.2. The van der Waals surface area contributed by atoms with Crippen LogP contribution in [0.5, 0.6) is 0 Å². The first kappa shape index (κ1) is 13.5. The molecule has 19 heavy (non-hydrogen) atoms. The lowest BCUT2D eigenvalue weighted by Gasteiger charge is -2.23. The molecule has 0 spiro atoms. The molecular formula is C9H13N5O4S. The van der Waals surface area contributed by atoms with Crippen LogP contribution in [0.2, 0.25) is 0 Å². The van der Waals surface area contributed by atoms with Crippen molar-refractivity contribution in [2.24, 2.45) is 0 Å². The van der Waals surface area contributed by atoms with Crippen LogP contribution in [0.4, 0.5) is 17.5 Å². The average molecular weight is 287 g/mol. The molecule has 1 saturated heterocycles. The molecule has 0 amide bonds.